The number of aromatic nitrogens is 1. The molecule has 1 aromatic carbocycles. The van der Waals surface area contributed by atoms with Crippen molar-refractivity contribution in [2.45, 2.75) is 25.9 Å². The molecule has 2 aromatic rings. The highest BCUT2D eigenvalue weighted by molar-refractivity contribution is 6.07. The lowest BCUT2D eigenvalue weighted by atomic mass is 10.0. The van der Waals surface area contributed by atoms with Crippen molar-refractivity contribution in [2.75, 3.05) is 38.8 Å². The number of methoxy groups -OCH3 is 2. The first-order valence-electron chi connectivity index (χ1n) is 8.73. The molecule has 26 heavy (non-hydrogen) atoms. The first kappa shape index (κ1) is 18.3. The molecule has 1 aliphatic heterocycles. The predicted molar refractivity (Wildman–Crippen MR) is 98.3 cm³/mol. The van der Waals surface area contributed by atoms with Gasteiger partial charge in [0.25, 0.3) is 0 Å². The summed E-state index contributed by atoms with van der Waals surface area (Å²) in [7, 11) is 3.16. The molecule has 1 aromatic heterocycles. The van der Waals surface area contributed by atoms with Crippen LogP contribution in [0.2, 0.25) is 0 Å². The number of benzene rings is 1. The summed E-state index contributed by atoms with van der Waals surface area (Å²) in [6.07, 6.45) is 2.52. The van der Waals surface area contributed by atoms with Crippen LogP contribution in [0.3, 0.4) is 0 Å². The second-order valence-corrected chi connectivity index (χ2v) is 6.18. The molecular weight excluding hydrogens is 336 g/mol. The predicted octanol–water partition coefficient (Wildman–Crippen LogP) is 2.39. The van der Waals surface area contributed by atoms with E-state index in [1.165, 1.54) is 6.20 Å². The lowest BCUT2D eigenvalue weighted by Gasteiger charge is -2.33. The third-order valence-corrected chi connectivity index (χ3v) is 4.61. The van der Waals surface area contributed by atoms with Gasteiger partial charge in [-0.25, -0.2) is 4.79 Å². The van der Waals surface area contributed by atoms with Crippen LogP contribution in [0.4, 0.5) is 5.69 Å². The Labute approximate surface area is 152 Å². The molecule has 0 amide bonds. The van der Waals surface area contributed by atoms with Gasteiger partial charge in [-0.05, 0) is 25.8 Å². The van der Waals surface area contributed by atoms with Crippen molar-refractivity contribution >= 4 is 22.6 Å². The summed E-state index contributed by atoms with van der Waals surface area (Å²) in [5.41, 5.74) is 1.81. The fraction of sp³-hybridized carbons (Fsp3) is 0.474. The number of rotatable bonds is 5. The van der Waals surface area contributed by atoms with Crippen molar-refractivity contribution in [2.24, 2.45) is 0 Å². The third kappa shape index (κ3) is 3.39. The van der Waals surface area contributed by atoms with Gasteiger partial charge in [0.1, 0.15) is 22.6 Å². The van der Waals surface area contributed by atoms with E-state index < -0.39 is 5.97 Å². The fourth-order valence-corrected chi connectivity index (χ4v) is 3.29. The molecule has 3 rings (SSSR count). The maximum absolute atomic E-state index is 12.5. The van der Waals surface area contributed by atoms with E-state index in [-0.39, 0.29) is 12.7 Å². The molecule has 7 heteroatoms. The lowest BCUT2D eigenvalue weighted by Crippen LogP contribution is -2.37. The molecule has 0 atom stereocenters. The number of aliphatic hydroxyl groups excluding tert-OH is 1. The molecule has 0 spiro atoms. The van der Waals surface area contributed by atoms with Crippen molar-refractivity contribution in [1.82, 2.24) is 4.98 Å². The summed E-state index contributed by atoms with van der Waals surface area (Å²) >= 11 is 0. The van der Waals surface area contributed by atoms with Crippen molar-refractivity contribution in [1.29, 1.82) is 0 Å². The van der Waals surface area contributed by atoms with Gasteiger partial charge in [-0.15, -0.1) is 0 Å². The lowest BCUT2D eigenvalue weighted by molar-refractivity contribution is 0.0526. The van der Waals surface area contributed by atoms with Crippen LogP contribution in [0.1, 0.15) is 30.1 Å². The van der Waals surface area contributed by atoms with E-state index in [9.17, 15) is 9.90 Å². The number of carbonyl (C=O) groups is 1. The highest BCUT2D eigenvalue weighted by Crippen LogP contribution is 2.38. The van der Waals surface area contributed by atoms with Crippen LogP contribution in [-0.4, -0.2) is 56.1 Å². The standard InChI is InChI=1S/C19H24N2O5/c1-4-26-19(23)15-11-20-17-14(9-13(24-2)10-16(17)25-3)18(15)21-7-5-12(22)6-8-21/h9-12,22H,4-8H2,1-3H3. The van der Waals surface area contributed by atoms with E-state index in [0.29, 0.717) is 48.5 Å². The highest BCUT2D eigenvalue weighted by atomic mass is 16.5. The molecule has 7 nitrogen and oxygen atoms in total. The zero-order valence-corrected chi connectivity index (χ0v) is 15.3. The van der Waals surface area contributed by atoms with Crippen LogP contribution in [0.25, 0.3) is 10.9 Å². The molecule has 0 saturated carbocycles. The molecule has 1 aliphatic rings. The van der Waals surface area contributed by atoms with Crippen LogP contribution >= 0.6 is 0 Å². The zero-order chi connectivity index (χ0) is 18.7. The molecule has 2 heterocycles. The average molecular weight is 360 g/mol. The van der Waals surface area contributed by atoms with Gasteiger partial charge in [0.05, 0.1) is 32.6 Å². The maximum Gasteiger partial charge on any atom is 0.341 e. The zero-order valence-electron chi connectivity index (χ0n) is 15.3. The third-order valence-electron chi connectivity index (χ3n) is 4.61. The Bertz CT molecular complexity index is 800. The molecule has 0 unspecified atom stereocenters. The van der Waals surface area contributed by atoms with Gasteiger partial charge < -0.3 is 24.2 Å². The van der Waals surface area contributed by atoms with Crippen LogP contribution in [0.15, 0.2) is 18.3 Å². The number of carbonyl (C=O) groups excluding carboxylic acids is 1. The van der Waals surface area contributed by atoms with Crippen LogP contribution in [-0.2, 0) is 4.74 Å². The molecule has 1 N–H and O–H groups in total. The minimum absolute atomic E-state index is 0.288. The molecule has 0 radical (unpaired) electrons. The van der Waals surface area contributed by atoms with Gasteiger partial charge >= 0.3 is 5.97 Å². The van der Waals surface area contributed by atoms with Gasteiger partial charge in [-0.2, -0.15) is 0 Å². The highest BCUT2D eigenvalue weighted by Gasteiger charge is 2.26. The molecule has 1 saturated heterocycles. The van der Waals surface area contributed by atoms with Crippen LogP contribution < -0.4 is 14.4 Å². The molecule has 1 fully saturated rings. The van der Waals surface area contributed by atoms with E-state index in [2.05, 4.69) is 9.88 Å². The number of fused-ring (bicyclic) bond motifs is 1. The van der Waals surface area contributed by atoms with Gasteiger partial charge in [-0.1, -0.05) is 0 Å². The largest absolute Gasteiger partial charge is 0.497 e. The smallest absolute Gasteiger partial charge is 0.341 e. The minimum Gasteiger partial charge on any atom is -0.497 e. The summed E-state index contributed by atoms with van der Waals surface area (Å²) in [6, 6.07) is 3.62. The number of nitrogens with zero attached hydrogens (tertiary/aromatic N) is 2. The monoisotopic (exact) mass is 360 g/mol. The van der Waals surface area contributed by atoms with Crippen molar-refractivity contribution < 1.29 is 24.1 Å². The first-order valence-corrected chi connectivity index (χ1v) is 8.73. The Hall–Kier alpha value is -2.54. The Morgan fingerprint density at radius 1 is 1.27 bits per heavy atom. The second-order valence-electron chi connectivity index (χ2n) is 6.18. The number of ether oxygens (including phenoxy) is 3. The summed E-state index contributed by atoms with van der Waals surface area (Å²) in [5, 5.41) is 10.6. The second kappa shape index (κ2) is 7.78. The molecule has 0 aliphatic carbocycles. The summed E-state index contributed by atoms with van der Waals surface area (Å²) in [5.74, 6) is 0.785. The first-order chi connectivity index (χ1) is 12.6. The normalized spacial score (nSPS) is 15.2. The molecule has 140 valence electrons. The number of hydrogen-bond acceptors (Lipinski definition) is 7. The quantitative estimate of drug-likeness (QED) is 0.820. The number of esters is 1. The molecular formula is C19H24N2O5. The van der Waals surface area contributed by atoms with Gasteiger partial charge in [0.15, 0.2) is 0 Å². The number of pyridine rings is 1. The minimum atomic E-state index is -0.412. The maximum atomic E-state index is 12.5. The Balaban J connectivity index is 2.23. The summed E-state index contributed by atoms with van der Waals surface area (Å²) < 4.78 is 16.1. The number of aliphatic hydroxyl groups is 1. The van der Waals surface area contributed by atoms with Gasteiger partial charge in [-0.3, -0.25) is 4.98 Å². The SMILES string of the molecule is CCOC(=O)c1cnc2c(OC)cc(OC)cc2c1N1CCC(O)CC1. The number of piperidine rings is 1. The Kier molecular flexibility index (Phi) is 5.46. The topological polar surface area (TPSA) is 81.1 Å². The summed E-state index contributed by atoms with van der Waals surface area (Å²) in [4.78, 5) is 19.1. The number of hydrogen-bond donors (Lipinski definition) is 1. The van der Waals surface area contributed by atoms with E-state index in [4.69, 9.17) is 14.2 Å². The van der Waals surface area contributed by atoms with E-state index in [0.717, 1.165) is 11.1 Å². The van der Waals surface area contributed by atoms with Crippen LogP contribution in [0.5, 0.6) is 11.5 Å². The fourth-order valence-electron chi connectivity index (χ4n) is 3.29. The van der Waals surface area contributed by atoms with Gasteiger partial charge in [0, 0.05) is 30.7 Å². The Morgan fingerprint density at radius 3 is 2.62 bits per heavy atom. The Morgan fingerprint density at radius 2 is 2.00 bits per heavy atom. The van der Waals surface area contributed by atoms with Gasteiger partial charge in [0.2, 0.25) is 0 Å². The number of anilines is 1. The van der Waals surface area contributed by atoms with Crippen LogP contribution in [0, 0.1) is 0 Å². The van der Waals surface area contributed by atoms with E-state index in [1.54, 1.807) is 27.2 Å². The van der Waals surface area contributed by atoms with Crippen molar-refractivity contribution in [3.05, 3.63) is 23.9 Å². The van der Waals surface area contributed by atoms with Crippen molar-refractivity contribution in [3.8, 4) is 11.5 Å². The van der Waals surface area contributed by atoms with E-state index in [1.807, 2.05) is 6.07 Å². The summed E-state index contributed by atoms with van der Waals surface area (Å²) in [6.45, 7) is 3.35. The molecule has 0 bridgehead atoms. The van der Waals surface area contributed by atoms with Crippen molar-refractivity contribution in [3.63, 3.8) is 0 Å². The van der Waals surface area contributed by atoms with E-state index >= 15 is 0 Å². The average Bonchev–Trinajstić information content (AvgIpc) is 2.67.